The lowest BCUT2D eigenvalue weighted by atomic mass is 10.1. The van der Waals surface area contributed by atoms with Crippen molar-refractivity contribution in [1.82, 2.24) is 9.97 Å². The van der Waals surface area contributed by atoms with Gasteiger partial charge in [-0.3, -0.25) is 0 Å². The summed E-state index contributed by atoms with van der Waals surface area (Å²) in [7, 11) is 1.86. The van der Waals surface area contributed by atoms with Crippen LogP contribution in [0.5, 0.6) is 5.88 Å². The van der Waals surface area contributed by atoms with E-state index in [-0.39, 0.29) is 6.10 Å². The quantitative estimate of drug-likeness (QED) is 0.855. The standard InChI is InChI=1S/C13H23N3O/c1-8(2)7-9(3)17-13-10(4)12(14-6)15-11(5)16-13/h8-9H,7H2,1-6H3,(H,14,15,16). The van der Waals surface area contributed by atoms with Crippen molar-refractivity contribution in [3.05, 3.63) is 11.4 Å². The van der Waals surface area contributed by atoms with Gasteiger partial charge in [0.15, 0.2) is 0 Å². The second-order valence-corrected chi connectivity index (χ2v) is 4.86. The molecule has 1 atom stereocenters. The largest absolute Gasteiger partial charge is 0.474 e. The number of hydrogen-bond acceptors (Lipinski definition) is 4. The topological polar surface area (TPSA) is 47.0 Å². The number of nitrogens with one attached hydrogen (secondary N) is 1. The van der Waals surface area contributed by atoms with Crippen molar-refractivity contribution < 1.29 is 4.74 Å². The molecule has 1 rings (SSSR count). The van der Waals surface area contributed by atoms with E-state index in [4.69, 9.17) is 4.74 Å². The fourth-order valence-electron chi connectivity index (χ4n) is 1.86. The summed E-state index contributed by atoms with van der Waals surface area (Å²) in [6, 6.07) is 0. The number of aromatic nitrogens is 2. The lowest BCUT2D eigenvalue weighted by Crippen LogP contribution is -2.17. The maximum Gasteiger partial charge on any atom is 0.222 e. The number of hydrogen-bond donors (Lipinski definition) is 1. The molecule has 1 aromatic heterocycles. The van der Waals surface area contributed by atoms with Gasteiger partial charge in [0.1, 0.15) is 11.6 Å². The van der Waals surface area contributed by atoms with E-state index in [1.165, 1.54) is 0 Å². The van der Waals surface area contributed by atoms with Crippen LogP contribution in [-0.2, 0) is 0 Å². The van der Waals surface area contributed by atoms with Crippen LogP contribution in [0, 0.1) is 19.8 Å². The van der Waals surface area contributed by atoms with Gasteiger partial charge in [-0.15, -0.1) is 0 Å². The molecular weight excluding hydrogens is 214 g/mol. The van der Waals surface area contributed by atoms with E-state index >= 15 is 0 Å². The third kappa shape index (κ3) is 3.88. The van der Waals surface area contributed by atoms with E-state index in [9.17, 15) is 0 Å². The molecule has 0 saturated carbocycles. The summed E-state index contributed by atoms with van der Waals surface area (Å²) >= 11 is 0. The highest BCUT2D eigenvalue weighted by atomic mass is 16.5. The van der Waals surface area contributed by atoms with Crippen LogP contribution in [0.2, 0.25) is 0 Å². The van der Waals surface area contributed by atoms with Gasteiger partial charge in [0.2, 0.25) is 5.88 Å². The average molecular weight is 237 g/mol. The van der Waals surface area contributed by atoms with Crippen LogP contribution >= 0.6 is 0 Å². The van der Waals surface area contributed by atoms with Gasteiger partial charge in [0, 0.05) is 7.05 Å². The fourth-order valence-corrected chi connectivity index (χ4v) is 1.86. The number of ether oxygens (including phenoxy) is 1. The maximum absolute atomic E-state index is 5.89. The number of rotatable bonds is 5. The first-order chi connectivity index (χ1) is 7.93. The molecule has 96 valence electrons. The molecule has 1 aromatic rings. The minimum Gasteiger partial charge on any atom is -0.474 e. The van der Waals surface area contributed by atoms with E-state index in [0.29, 0.717) is 11.8 Å². The fraction of sp³-hybridized carbons (Fsp3) is 0.692. The third-order valence-electron chi connectivity index (χ3n) is 2.57. The van der Waals surface area contributed by atoms with Crippen molar-refractivity contribution in [2.24, 2.45) is 5.92 Å². The zero-order valence-corrected chi connectivity index (χ0v) is 11.7. The molecule has 4 nitrogen and oxygen atoms in total. The Kier molecular flexibility index (Phi) is 4.73. The highest BCUT2D eigenvalue weighted by Crippen LogP contribution is 2.23. The number of aryl methyl sites for hydroxylation is 1. The monoisotopic (exact) mass is 237 g/mol. The summed E-state index contributed by atoms with van der Waals surface area (Å²) in [5.74, 6) is 2.88. The van der Waals surface area contributed by atoms with Crippen LogP contribution < -0.4 is 10.1 Å². The Bertz CT molecular complexity index is 377. The lowest BCUT2D eigenvalue weighted by molar-refractivity contribution is 0.184. The lowest BCUT2D eigenvalue weighted by Gasteiger charge is -2.18. The predicted octanol–water partition coefficient (Wildman–Crippen LogP) is 2.95. The normalized spacial score (nSPS) is 12.6. The van der Waals surface area contributed by atoms with E-state index in [1.54, 1.807) is 0 Å². The molecule has 4 heteroatoms. The van der Waals surface area contributed by atoms with Crippen LogP contribution in [0.3, 0.4) is 0 Å². The summed E-state index contributed by atoms with van der Waals surface area (Å²) in [6.45, 7) is 10.3. The van der Waals surface area contributed by atoms with Gasteiger partial charge in [0.25, 0.3) is 0 Å². The third-order valence-corrected chi connectivity index (χ3v) is 2.57. The van der Waals surface area contributed by atoms with Crippen LogP contribution in [0.1, 0.15) is 38.6 Å². The Hall–Kier alpha value is -1.32. The van der Waals surface area contributed by atoms with Crippen LogP contribution in [-0.4, -0.2) is 23.1 Å². The van der Waals surface area contributed by atoms with Crippen molar-refractivity contribution in [3.8, 4) is 5.88 Å². The molecule has 1 unspecified atom stereocenters. The van der Waals surface area contributed by atoms with Gasteiger partial charge < -0.3 is 10.1 Å². The Morgan fingerprint density at radius 3 is 2.35 bits per heavy atom. The molecule has 0 fully saturated rings. The summed E-state index contributed by atoms with van der Waals surface area (Å²) in [6.07, 6.45) is 1.20. The van der Waals surface area contributed by atoms with Crippen molar-refractivity contribution in [3.63, 3.8) is 0 Å². The Morgan fingerprint density at radius 2 is 1.82 bits per heavy atom. The van der Waals surface area contributed by atoms with E-state index in [2.05, 4.69) is 36.1 Å². The Labute approximate surface area is 104 Å². The minimum atomic E-state index is 0.174. The van der Waals surface area contributed by atoms with Gasteiger partial charge in [-0.2, -0.15) is 4.98 Å². The second-order valence-electron chi connectivity index (χ2n) is 4.86. The Morgan fingerprint density at radius 1 is 1.18 bits per heavy atom. The second kappa shape index (κ2) is 5.84. The molecule has 0 radical (unpaired) electrons. The predicted molar refractivity (Wildman–Crippen MR) is 70.6 cm³/mol. The van der Waals surface area contributed by atoms with Gasteiger partial charge in [-0.05, 0) is 33.1 Å². The number of anilines is 1. The molecule has 1 N–H and O–H groups in total. The SMILES string of the molecule is CNc1nc(C)nc(OC(C)CC(C)C)c1C. The van der Waals surface area contributed by atoms with E-state index in [0.717, 1.165) is 23.6 Å². The number of nitrogens with zero attached hydrogens (tertiary/aromatic N) is 2. The molecule has 0 aliphatic rings. The summed E-state index contributed by atoms with van der Waals surface area (Å²) in [5, 5.41) is 3.06. The van der Waals surface area contributed by atoms with Crippen LogP contribution in [0.4, 0.5) is 5.82 Å². The van der Waals surface area contributed by atoms with Crippen molar-refractivity contribution >= 4 is 5.82 Å². The van der Waals surface area contributed by atoms with E-state index in [1.807, 2.05) is 20.9 Å². The molecule has 0 amide bonds. The average Bonchev–Trinajstić information content (AvgIpc) is 2.21. The first kappa shape index (κ1) is 13.7. The summed E-state index contributed by atoms with van der Waals surface area (Å²) in [5.41, 5.74) is 0.966. The molecular formula is C13H23N3O. The van der Waals surface area contributed by atoms with Crippen molar-refractivity contribution in [2.45, 2.75) is 47.1 Å². The van der Waals surface area contributed by atoms with Gasteiger partial charge >= 0.3 is 0 Å². The highest BCUT2D eigenvalue weighted by Gasteiger charge is 2.13. The smallest absolute Gasteiger partial charge is 0.222 e. The minimum absolute atomic E-state index is 0.174. The summed E-state index contributed by atoms with van der Waals surface area (Å²) < 4.78 is 5.89. The highest BCUT2D eigenvalue weighted by molar-refractivity contribution is 5.47. The van der Waals surface area contributed by atoms with Gasteiger partial charge in [-0.25, -0.2) is 4.98 Å². The maximum atomic E-state index is 5.89. The molecule has 17 heavy (non-hydrogen) atoms. The first-order valence-electron chi connectivity index (χ1n) is 6.13. The molecule has 0 aliphatic heterocycles. The first-order valence-corrected chi connectivity index (χ1v) is 6.13. The van der Waals surface area contributed by atoms with Gasteiger partial charge in [-0.1, -0.05) is 13.8 Å². The van der Waals surface area contributed by atoms with Crippen LogP contribution in [0.15, 0.2) is 0 Å². The summed E-state index contributed by atoms with van der Waals surface area (Å²) in [4.78, 5) is 8.67. The van der Waals surface area contributed by atoms with Crippen LogP contribution in [0.25, 0.3) is 0 Å². The zero-order chi connectivity index (χ0) is 13.0. The van der Waals surface area contributed by atoms with Crippen molar-refractivity contribution in [2.75, 3.05) is 12.4 Å². The molecule has 0 aromatic carbocycles. The van der Waals surface area contributed by atoms with Crippen molar-refractivity contribution in [1.29, 1.82) is 0 Å². The molecule has 0 saturated heterocycles. The van der Waals surface area contributed by atoms with Gasteiger partial charge in [0.05, 0.1) is 11.7 Å². The molecule has 0 aliphatic carbocycles. The molecule has 0 spiro atoms. The zero-order valence-electron chi connectivity index (χ0n) is 11.7. The Balaban J connectivity index is 2.86. The molecule has 1 heterocycles. The molecule has 0 bridgehead atoms. The van der Waals surface area contributed by atoms with E-state index < -0.39 is 0 Å².